The van der Waals surface area contributed by atoms with Gasteiger partial charge in [-0.2, -0.15) is 0 Å². The van der Waals surface area contributed by atoms with E-state index in [1.807, 2.05) is 11.3 Å². The van der Waals surface area contributed by atoms with Crippen molar-refractivity contribution in [3.05, 3.63) is 200 Å². The highest BCUT2D eigenvalue weighted by atomic mass is 32.1. The van der Waals surface area contributed by atoms with E-state index in [2.05, 4.69) is 205 Å². The molecule has 0 bridgehead atoms. The van der Waals surface area contributed by atoms with Crippen molar-refractivity contribution in [1.82, 2.24) is 0 Å². The van der Waals surface area contributed by atoms with Crippen LogP contribution in [0, 0.1) is 0 Å². The first kappa shape index (κ1) is 33.3. The molecule has 13 aromatic rings. The van der Waals surface area contributed by atoms with Gasteiger partial charge < -0.3 is 13.7 Å². The van der Waals surface area contributed by atoms with Gasteiger partial charge in [0, 0.05) is 58.5 Å². The molecule has 0 N–H and O–H groups in total. The van der Waals surface area contributed by atoms with Crippen LogP contribution in [0.5, 0.6) is 0 Å². The zero-order valence-electron chi connectivity index (χ0n) is 32.2. The predicted molar refractivity (Wildman–Crippen MR) is 254 cm³/mol. The lowest BCUT2D eigenvalue weighted by molar-refractivity contribution is 0.672. The number of fused-ring (bicyclic) bond motifs is 13. The number of thiophene rings is 1. The van der Waals surface area contributed by atoms with E-state index in [4.69, 9.17) is 8.83 Å². The van der Waals surface area contributed by atoms with Crippen LogP contribution in [0.25, 0.3) is 108 Å². The van der Waals surface area contributed by atoms with Crippen LogP contribution in [0.4, 0.5) is 17.1 Å². The van der Waals surface area contributed by atoms with Crippen molar-refractivity contribution in [3.63, 3.8) is 0 Å². The number of hydrogen-bond acceptors (Lipinski definition) is 4. The van der Waals surface area contributed by atoms with Gasteiger partial charge in [-0.3, -0.25) is 0 Å². The van der Waals surface area contributed by atoms with Gasteiger partial charge >= 0.3 is 0 Å². The third kappa shape index (κ3) is 5.01. The van der Waals surface area contributed by atoms with Crippen LogP contribution in [0.3, 0.4) is 0 Å². The lowest BCUT2D eigenvalue weighted by Crippen LogP contribution is -2.10. The second-order valence-electron chi connectivity index (χ2n) is 15.6. The number of rotatable bonds is 5. The molecule has 0 aliphatic carbocycles. The van der Waals surface area contributed by atoms with Crippen molar-refractivity contribution in [2.24, 2.45) is 0 Å². The number of nitrogens with zero attached hydrogens (tertiary/aromatic N) is 1. The summed E-state index contributed by atoms with van der Waals surface area (Å²) in [5.41, 5.74) is 11.3. The lowest BCUT2D eigenvalue weighted by Gasteiger charge is -2.27. The molecule has 0 atom stereocenters. The summed E-state index contributed by atoms with van der Waals surface area (Å²) >= 11 is 1.85. The summed E-state index contributed by atoms with van der Waals surface area (Å²) in [6.45, 7) is 0. The Labute approximate surface area is 348 Å². The quantitative estimate of drug-likeness (QED) is 0.174. The molecule has 0 spiro atoms. The summed E-state index contributed by atoms with van der Waals surface area (Å²) in [5.74, 6) is 0. The van der Waals surface area contributed by atoms with E-state index in [0.29, 0.717) is 0 Å². The molecule has 60 heavy (non-hydrogen) atoms. The van der Waals surface area contributed by atoms with Crippen molar-refractivity contribution in [2.75, 3.05) is 4.90 Å². The minimum absolute atomic E-state index is 0.856. The second-order valence-corrected chi connectivity index (χ2v) is 16.7. The molecule has 4 heteroatoms. The van der Waals surface area contributed by atoms with Crippen LogP contribution in [-0.4, -0.2) is 0 Å². The number of anilines is 3. The molecular weight excluding hydrogens is 751 g/mol. The van der Waals surface area contributed by atoms with Gasteiger partial charge in [-0.1, -0.05) is 127 Å². The van der Waals surface area contributed by atoms with Crippen molar-refractivity contribution in [1.29, 1.82) is 0 Å². The van der Waals surface area contributed by atoms with Gasteiger partial charge in [0.05, 0.1) is 11.1 Å². The molecule has 13 rings (SSSR count). The van der Waals surface area contributed by atoms with E-state index in [1.54, 1.807) is 0 Å². The maximum absolute atomic E-state index is 6.73. The first-order valence-corrected chi connectivity index (χ1v) is 21.1. The van der Waals surface area contributed by atoms with E-state index >= 15 is 0 Å². The third-order valence-electron chi connectivity index (χ3n) is 12.2. The maximum Gasteiger partial charge on any atom is 0.143 e. The average Bonchev–Trinajstić information content (AvgIpc) is 4.01. The van der Waals surface area contributed by atoms with E-state index in [9.17, 15) is 0 Å². The highest BCUT2D eigenvalue weighted by Gasteiger charge is 2.22. The minimum Gasteiger partial charge on any atom is -0.455 e. The van der Waals surface area contributed by atoms with E-state index in [-0.39, 0.29) is 0 Å². The average molecular weight is 784 g/mol. The molecule has 0 amide bonds. The number of furan rings is 2. The Morgan fingerprint density at radius 1 is 0.350 bits per heavy atom. The Bertz CT molecular complexity index is 3850. The Balaban J connectivity index is 1.01. The summed E-state index contributed by atoms with van der Waals surface area (Å²) in [6.07, 6.45) is 0. The van der Waals surface area contributed by atoms with Crippen LogP contribution in [0.1, 0.15) is 0 Å². The van der Waals surface area contributed by atoms with Crippen LogP contribution in [0.15, 0.2) is 209 Å². The zero-order valence-corrected chi connectivity index (χ0v) is 33.0. The molecule has 280 valence electrons. The van der Waals surface area contributed by atoms with Gasteiger partial charge in [0.15, 0.2) is 0 Å². The molecule has 10 aromatic carbocycles. The highest BCUT2D eigenvalue weighted by Crippen LogP contribution is 2.47. The van der Waals surface area contributed by atoms with Gasteiger partial charge in [0.25, 0.3) is 0 Å². The van der Waals surface area contributed by atoms with Crippen molar-refractivity contribution in [2.45, 2.75) is 0 Å². The topological polar surface area (TPSA) is 29.5 Å². The first-order valence-electron chi connectivity index (χ1n) is 20.3. The molecule has 0 saturated carbocycles. The Morgan fingerprint density at radius 3 is 1.73 bits per heavy atom. The summed E-state index contributed by atoms with van der Waals surface area (Å²) in [7, 11) is 0. The highest BCUT2D eigenvalue weighted by molar-refractivity contribution is 7.25. The van der Waals surface area contributed by atoms with Crippen LogP contribution in [0.2, 0.25) is 0 Å². The van der Waals surface area contributed by atoms with Crippen LogP contribution in [-0.2, 0) is 0 Å². The van der Waals surface area contributed by atoms with Gasteiger partial charge in [-0.25, -0.2) is 0 Å². The molecule has 0 aliphatic heterocycles. The molecule has 3 aromatic heterocycles. The normalized spacial score (nSPS) is 12.0. The number of hydrogen-bond donors (Lipinski definition) is 0. The van der Waals surface area contributed by atoms with Crippen molar-refractivity contribution in [3.8, 4) is 22.3 Å². The van der Waals surface area contributed by atoms with Crippen LogP contribution < -0.4 is 4.90 Å². The third-order valence-corrected chi connectivity index (χ3v) is 13.4. The summed E-state index contributed by atoms with van der Waals surface area (Å²) in [6, 6.07) is 72.0. The maximum atomic E-state index is 6.73. The summed E-state index contributed by atoms with van der Waals surface area (Å²) in [5, 5.41) is 11.6. The van der Waals surface area contributed by atoms with E-state index < -0.39 is 0 Å². The molecule has 0 saturated heterocycles. The summed E-state index contributed by atoms with van der Waals surface area (Å²) in [4.78, 5) is 2.39. The SMILES string of the molecule is c1cc(-c2cccc3oc4c5ccccc5ccc4c23)cc(N(c2ccc(-c3ccc4sc5ccccc5c4c3)cc2)c2cccc3oc4c5ccccc5ccc4c23)c1. The molecule has 0 radical (unpaired) electrons. The fourth-order valence-corrected chi connectivity index (χ4v) is 10.6. The van der Waals surface area contributed by atoms with Gasteiger partial charge in [-0.15, -0.1) is 11.3 Å². The first-order chi connectivity index (χ1) is 29.7. The monoisotopic (exact) mass is 783 g/mol. The Kier molecular flexibility index (Phi) is 7.18. The molecule has 3 nitrogen and oxygen atoms in total. The predicted octanol–water partition coefficient (Wildman–Crippen LogP) is 17.0. The standard InChI is InChI=1S/C56H33NO2S/c1-3-14-42-35(10-1)24-29-45-53-41(17-8-19-49(53)58-55(42)45)38-12-7-13-40(32-38)57(48-18-9-20-50-54(48)46-30-25-36-11-2-4-15-43(36)56(46)59-50)39-27-22-34(23-28-39)37-26-31-52-47(33-37)44-16-5-6-21-51(44)60-52/h1-33H. The van der Waals surface area contributed by atoms with Crippen LogP contribution >= 0.6 is 11.3 Å². The number of benzene rings is 10. The van der Waals surface area contributed by atoms with Crippen molar-refractivity contribution < 1.29 is 8.83 Å². The second kappa shape index (κ2) is 12.9. The van der Waals surface area contributed by atoms with E-state index in [0.717, 1.165) is 88.2 Å². The lowest BCUT2D eigenvalue weighted by atomic mass is 9.97. The minimum atomic E-state index is 0.856. The van der Waals surface area contributed by atoms with Gasteiger partial charge in [0.1, 0.15) is 22.3 Å². The van der Waals surface area contributed by atoms with Gasteiger partial charge in [-0.05, 0) is 106 Å². The Morgan fingerprint density at radius 2 is 0.967 bits per heavy atom. The zero-order chi connectivity index (χ0) is 39.3. The molecule has 0 unspecified atom stereocenters. The van der Waals surface area contributed by atoms with E-state index in [1.165, 1.54) is 36.7 Å². The molecule has 0 fully saturated rings. The smallest absolute Gasteiger partial charge is 0.143 e. The van der Waals surface area contributed by atoms with Crippen molar-refractivity contribution >= 4 is 114 Å². The molecule has 3 heterocycles. The van der Waals surface area contributed by atoms with Gasteiger partial charge in [0.2, 0.25) is 0 Å². The molecule has 0 aliphatic rings. The summed E-state index contributed by atoms with van der Waals surface area (Å²) < 4.78 is 16.0. The Hall–Kier alpha value is -7.66. The molecular formula is C56H33NO2S. The fraction of sp³-hybridized carbons (Fsp3) is 0. The fourth-order valence-electron chi connectivity index (χ4n) is 9.46. The largest absolute Gasteiger partial charge is 0.455 e.